The molecule has 0 radical (unpaired) electrons. The fourth-order valence-corrected chi connectivity index (χ4v) is 2.35. The Morgan fingerprint density at radius 3 is 2.73 bits per heavy atom. The molecule has 0 aliphatic rings. The van der Waals surface area contributed by atoms with E-state index < -0.39 is 0 Å². The lowest BCUT2D eigenvalue weighted by Gasteiger charge is -2.11. The Hall–Kier alpha value is -2.93. The van der Waals surface area contributed by atoms with E-state index in [9.17, 15) is 0 Å². The number of fused-ring (bicyclic) bond motifs is 1. The third-order valence-electron chi connectivity index (χ3n) is 3.45. The standard InChI is InChI=1S/C18H17N3O/c1-19-11-10-18(14-6-4-3-5-7-14)21-13-15-8-9-16(22-2)12-17(15)20-21/h3-9,12-13,18-19H,1-2H3. The summed E-state index contributed by atoms with van der Waals surface area (Å²) in [5.41, 5.74) is 2.00. The van der Waals surface area contributed by atoms with Gasteiger partial charge >= 0.3 is 0 Å². The minimum Gasteiger partial charge on any atom is -0.497 e. The van der Waals surface area contributed by atoms with Crippen LogP contribution in [0.25, 0.3) is 10.9 Å². The largest absolute Gasteiger partial charge is 0.497 e. The van der Waals surface area contributed by atoms with Gasteiger partial charge in [-0.3, -0.25) is 4.68 Å². The van der Waals surface area contributed by atoms with Crippen molar-refractivity contribution in [1.82, 2.24) is 15.1 Å². The van der Waals surface area contributed by atoms with Gasteiger partial charge in [-0.05, 0) is 23.6 Å². The summed E-state index contributed by atoms with van der Waals surface area (Å²) < 4.78 is 7.15. The molecular weight excluding hydrogens is 274 g/mol. The van der Waals surface area contributed by atoms with Crippen LogP contribution in [0.4, 0.5) is 0 Å². The maximum Gasteiger partial charge on any atom is 0.139 e. The zero-order valence-electron chi connectivity index (χ0n) is 12.6. The Bertz CT molecular complexity index is 828. The molecule has 0 amide bonds. The molecule has 0 aliphatic heterocycles. The molecule has 2 aromatic carbocycles. The van der Waals surface area contributed by atoms with Gasteiger partial charge in [-0.25, -0.2) is 0 Å². The smallest absolute Gasteiger partial charge is 0.139 e. The lowest BCUT2D eigenvalue weighted by Crippen LogP contribution is -2.10. The zero-order chi connectivity index (χ0) is 15.4. The lowest BCUT2D eigenvalue weighted by atomic mass is 10.1. The number of nitrogens with one attached hydrogen (secondary N) is 1. The molecule has 1 heterocycles. The summed E-state index contributed by atoms with van der Waals surface area (Å²) in [7, 11) is 3.46. The fourth-order valence-electron chi connectivity index (χ4n) is 2.35. The van der Waals surface area contributed by atoms with E-state index in [1.807, 2.05) is 47.3 Å². The first-order valence-electron chi connectivity index (χ1n) is 7.07. The van der Waals surface area contributed by atoms with Gasteiger partial charge in [0, 0.05) is 30.7 Å². The molecular formula is C18H17N3O. The van der Waals surface area contributed by atoms with Crippen LogP contribution in [0.15, 0.2) is 54.7 Å². The van der Waals surface area contributed by atoms with Crippen LogP contribution >= 0.6 is 0 Å². The van der Waals surface area contributed by atoms with E-state index >= 15 is 0 Å². The Kier molecular flexibility index (Phi) is 3.97. The number of nitrogens with zero attached hydrogens (tertiary/aromatic N) is 2. The Balaban J connectivity index is 2.08. The third-order valence-corrected chi connectivity index (χ3v) is 3.45. The summed E-state index contributed by atoms with van der Waals surface area (Å²) >= 11 is 0. The summed E-state index contributed by atoms with van der Waals surface area (Å²) in [5.74, 6) is 4.00. The van der Waals surface area contributed by atoms with Crippen molar-refractivity contribution in [1.29, 1.82) is 0 Å². The van der Waals surface area contributed by atoms with Crippen molar-refractivity contribution in [2.24, 2.45) is 0 Å². The quantitative estimate of drug-likeness (QED) is 0.596. The molecule has 0 saturated heterocycles. The predicted octanol–water partition coefficient (Wildman–Crippen LogP) is 2.81. The maximum atomic E-state index is 5.25. The van der Waals surface area contributed by atoms with E-state index in [1.165, 1.54) is 0 Å². The van der Waals surface area contributed by atoms with Gasteiger partial charge in [-0.2, -0.15) is 5.10 Å². The van der Waals surface area contributed by atoms with Gasteiger partial charge in [0.05, 0.1) is 12.6 Å². The van der Waals surface area contributed by atoms with Crippen LogP contribution in [0.3, 0.4) is 0 Å². The number of hydrogen-bond donors (Lipinski definition) is 1. The number of hydrogen-bond acceptors (Lipinski definition) is 3. The van der Waals surface area contributed by atoms with Crippen LogP contribution in [0.2, 0.25) is 0 Å². The summed E-state index contributed by atoms with van der Waals surface area (Å²) in [6, 6.07) is 18.8. The van der Waals surface area contributed by atoms with Crippen LogP contribution in [-0.2, 0) is 0 Å². The molecule has 0 saturated carbocycles. The number of ether oxygens (including phenoxy) is 1. The van der Waals surface area contributed by atoms with Gasteiger partial charge in [0.15, 0.2) is 0 Å². The molecule has 0 spiro atoms. The molecule has 1 N–H and O–H groups in total. The molecule has 22 heavy (non-hydrogen) atoms. The highest BCUT2D eigenvalue weighted by Gasteiger charge is 2.13. The Morgan fingerprint density at radius 1 is 1.18 bits per heavy atom. The van der Waals surface area contributed by atoms with Crippen LogP contribution in [0.1, 0.15) is 11.6 Å². The summed E-state index contributed by atoms with van der Waals surface area (Å²) in [5, 5.41) is 8.59. The summed E-state index contributed by atoms with van der Waals surface area (Å²) in [6.07, 6.45) is 2.01. The normalized spacial score (nSPS) is 11.5. The fraction of sp³-hybridized carbons (Fsp3) is 0.167. The van der Waals surface area contributed by atoms with Crippen LogP contribution in [0.5, 0.6) is 5.75 Å². The second-order valence-corrected chi connectivity index (χ2v) is 4.87. The van der Waals surface area contributed by atoms with Crippen molar-refractivity contribution in [2.45, 2.75) is 6.04 Å². The molecule has 3 rings (SSSR count). The van der Waals surface area contributed by atoms with Crippen LogP contribution in [0, 0.1) is 12.0 Å². The molecule has 110 valence electrons. The second-order valence-electron chi connectivity index (χ2n) is 4.87. The molecule has 0 bridgehead atoms. The third kappa shape index (κ3) is 2.75. The second kappa shape index (κ2) is 6.23. The number of rotatable bonds is 3. The summed E-state index contributed by atoms with van der Waals surface area (Å²) in [4.78, 5) is 0. The van der Waals surface area contributed by atoms with Crippen molar-refractivity contribution >= 4 is 10.9 Å². The van der Waals surface area contributed by atoms with E-state index in [2.05, 4.69) is 34.5 Å². The molecule has 1 atom stereocenters. The first-order valence-corrected chi connectivity index (χ1v) is 7.07. The first-order chi connectivity index (χ1) is 10.8. The minimum atomic E-state index is -0.132. The molecule has 1 unspecified atom stereocenters. The summed E-state index contributed by atoms with van der Waals surface area (Å²) in [6.45, 7) is 0. The SMILES string of the molecule is CNC#CC(c1ccccc1)n1cc2ccc(OC)cc2n1. The van der Waals surface area contributed by atoms with Crippen molar-refractivity contribution in [3.8, 4) is 17.7 Å². The molecule has 4 nitrogen and oxygen atoms in total. The van der Waals surface area contributed by atoms with Gasteiger partial charge in [-0.1, -0.05) is 30.3 Å². The highest BCUT2D eigenvalue weighted by molar-refractivity contribution is 5.79. The van der Waals surface area contributed by atoms with Crippen LogP contribution in [-0.4, -0.2) is 23.9 Å². The minimum absolute atomic E-state index is 0.132. The Morgan fingerprint density at radius 2 is 2.00 bits per heavy atom. The lowest BCUT2D eigenvalue weighted by molar-refractivity contribution is 0.415. The van der Waals surface area contributed by atoms with E-state index in [1.54, 1.807) is 14.2 Å². The predicted molar refractivity (Wildman–Crippen MR) is 87.7 cm³/mol. The van der Waals surface area contributed by atoms with Gasteiger partial charge in [0.25, 0.3) is 0 Å². The van der Waals surface area contributed by atoms with E-state index in [-0.39, 0.29) is 6.04 Å². The van der Waals surface area contributed by atoms with Crippen molar-refractivity contribution in [2.75, 3.05) is 14.2 Å². The molecule has 0 aliphatic carbocycles. The topological polar surface area (TPSA) is 39.1 Å². The molecule has 1 aromatic heterocycles. The number of benzene rings is 2. The monoisotopic (exact) mass is 291 g/mol. The van der Waals surface area contributed by atoms with E-state index in [0.29, 0.717) is 0 Å². The average molecular weight is 291 g/mol. The number of methoxy groups -OCH3 is 1. The zero-order valence-corrected chi connectivity index (χ0v) is 12.6. The molecule has 3 aromatic rings. The van der Waals surface area contributed by atoms with E-state index in [4.69, 9.17) is 4.74 Å². The highest BCUT2D eigenvalue weighted by Crippen LogP contribution is 2.23. The highest BCUT2D eigenvalue weighted by atomic mass is 16.5. The molecule has 4 heteroatoms. The van der Waals surface area contributed by atoms with Gasteiger partial charge < -0.3 is 10.1 Å². The number of aromatic nitrogens is 2. The van der Waals surface area contributed by atoms with Gasteiger partial charge in [-0.15, -0.1) is 0 Å². The molecule has 0 fully saturated rings. The van der Waals surface area contributed by atoms with Gasteiger partial charge in [0.1, 0.15) is 11.8 Å². The van der Waals surface area contributed by atoms with Gasteiger partial charge in [0.2, 0.25) is 0 Å². The Labute approximate surface area is 129 Å². The van der Waals surface area contributed by atoms with Crippen molar-refractivity contribution < 1.29 is 4.74 Å². The van der Waals surface area contributed by atoms with Crippen LogP contribution < -0.4 is 10.1 Å². The maximum absolute atomic E-state index is 5.25. The van der Waals surface area contributed by atoms with E-state index in [0.717, 1.165) is 22.2 Å². The first kappa shape index (κ1) is 14.0. The average Bonchev–Trinajstić information content (AvgIpc) is 2.98. The van der Waals surface area contributed by atoms with Crippen molar-refractivity contribution in [3.05, 3.63) is 60.3 Å². The van der Waals surface area contributed by atoms with Crippen molar-refractivity contribution in [3.63, 3.8) is 0 Å².